The van der Waals surface area contributed by atoms with E-state index >= 15 is 0 Å². The monoisotopic (exact) mass is 291 g/mol. The van der Waals surface area contributed by atoms with Gasteiger partial charge in [-0.05, 0) is 5.56 Å². The molecule has 0 bridgehead atoms. The minimum atomic E-state index is -0.303. The summed E-state index contributed by atoms with van der Waals surface area (Å²) in [6.45, 7) is 4.86. The summed E-state index contributed by atoms with van der Waals surface area (Å²) in [5.74, 6) is -0.605. The first-order chi connectivity index (χ1) is 10.0. The Morgan fingerprint density at radius 2 is 1.57 bits per heavy atom. The van der Waals surface area contributed by atoms with E-state index in [2.05, 4.69) is 17.0 Å². The van der Waals surface area contributed by atoms with Crippen molar-refractivity contribution in [3.63, 3.8) is 0 Å². The van der Waals surface area contributed by atoms with Crippen molar-refractivity contribution in [3.05, 3.63) is 35.9 Å². The Kier molecular flexibility index (Phi) is 5.33. The molecule has 1 fully saturated rings. The number of nitrogens with zero attached hydrogens (tertiary/aromatic N) is 1. The number of rotatable bonds is 4. The molecule has 1 saturated heterocycles. The maximum atomic E-state index is 11.2. The van der Waals surface area contributed by atoms with Crippen LogP contribution in [0.4, 0.5) is 0 Å². The van der Waals surface area contributed by atoms with Crippen LogP contribution in [0.3, 0.4) is 0 Å². The van der Waals surface area contributed by atoms with Gasteiger partial charge in [-0.2, -0.15) is 0 Å². The minimum Gasteiger partial charge on any atom is -0.461 e. The summed E-state index contributed by atoms with van der Waals surface area (Å²) >= 11 is 0. The minimum absolute atomic E-state index is 0.232. The van der Waals surface area contributed by atoms with Gasteiger partial charge in [-0.1, -0.05) is 30.3 Å². The zero-order chi connectivity index (χ0) is 15.2. The second-order valence-corrected chi connectivity index (χ2v) is 5.38. The molecule has 0 radical (unpaired) electrons. The molecule has 114 valence electrons. The van der Waals surface area contributed by atoms with Gasteiger partial charge in [0.25, 0.3) is 0 Å². The van der Waals surface area contributed by atoms with Crippen LogP contribution in [0.1, 0.15) is 25.8 Å². The normalized spacial score (nSPS) is 22.6. The molecule has 0 aromatic heterocycles. The van der Waals surface area contributed by atoms with Crippen LogP contribution in [0.2, 0.25) is 0 Å². The van der Waals surface area contributed by atoms with E-state index in [1.807, 2.05) is 18.2 Å². The molecule has 0 N–H and O–H groups in total. The molecule has 0 aliphatic carbocycles. The van der Waals surface area contributed by atoms with Crippen molar-refractivity contribution in [2.45, 2.75) is 39.0 Å². The van der Waals surface area contributed by atoms with Crippen LogP contribution in [-0.4, -0.2) is 42.1 Å². The number of ether oxygens (including phenoxy) is 2. The lowest BCUT2D eigenvalue weighted by molar-refractivity contribution is -0.159. The van der Waals surface area contributed by atoms with Crippen molar-refractivity contribution in [1.29, 1.82) is 0 Å². The fourth-order valence-corrected chi connectivity index (χ4v) is 2.70. The van der Waals surface area contributed by atoms with Gasteiger partial charge in [-0.15, -0.1) is 0 Å². The van der Waals surface area contributed by atoms with Crippen molar-refractivity contribution in [1.82, 2.24) is 4.90 Å². The molecular formula is C16H21NO4. The highest BCUT2D eigenvalue weighted by Crippen LogP contribution is 2.19. The SMILES string of the molecule is CC(=O)O[C@@H]1C[C@@H](OC(C)=O)CN(Cc2ccccc2)C1. The molecule has 0 amide bonds. The number of esters is 2. The second-order valence-electron chi connectivity index (χ2n) is 5.38. The van der Waals surface area contributed by atoms with E-state index in [9.17, 15) is 9.59 Å². The molecule has 2 atom stereocenters. The summed E-state index contributed by atoms with van der Waals surface area (Å²) in [6.07, 6.45) is 0.0957. The lowest BCUT2D eigenvalue weighted by atomic mass is 10.0. The maximum absolute atomic E-state index is 11.2. The van der Waals surface area contributed by atoms with Crippen LogP contribution < -0.4 is 0 Å². The lowest BCUT2D eigenvalue weighted by Gasteiger charge is -2.36. The largest absolute Gasteiger partial charge is 0.461 e. The predicted molar refractivity (Wildman–Crippen MR) is 77.4 cm³/mol. The average Bonchev–Trinajstić information content (AvgIpc) is 2.37. The first-order valence-electron chi connectivity index (χ1n) is 7.13. The molecule has 5 heteroatoms. The van der Waals surface area contributed by atoms with Gasteiger partial charge in [-0.3, -0.25) is 14.5 Å². The van der Waals surface area contributed by atoms with Crippen LogP contribution in [0.5, 0.6) is 0 Å². The Bertz CT molecular complexity index is 464. The van der Waals surface area contributed by atoms with Crippen molar-refractivity contribution in [2.24, 2.45) is 0 Å². The van der Waals surface area contributed by atoms with Gasteiger partial charge in [-0.25, -0.2) is 0 Å². The summed E-state index contributed by atoms with van der Waals surface area (Å²) < 4.78 is 10.6. The van der Waals surface area contributed by atoms with Crippen molar-refractivity contribution in [3.8, 4) is 0 Å². The molecule has 1 aromatic rings. The van der Waals surface area contributed by atoms with Crippen molar-refractivity contribution < 1.29 is 19.1 Å². The molecule has 5 nitrogen and oxygen atoms in total. The summed E-state index contributed by atoms with van der Waals surface area (Å²) in [6, 6.07) is 10.1. The Labute approximate surface area is 124 Å². The highest BCUT2D eigenvalue weighted by molar-refractivity contribution is 5.66. The van der Waals surface area contributed by atoms with Gasteiger partial charge in [0.15, 0.2) is 0 Å². The van der Waals surface area contributed by atoms with Crippen molar-refractivity contribution >= 4 is 11.9 Å². The van der Waals surface area contributed by atoms with E-state index in [1.54, 1.807) is 0 Å². The molecule has 1 heterocycles. The van der Waals surface area contributed by atoms with E-state index in [0.29, 0.717) is 19.5 Å². The highest BCUT2D eigenvalue weighted by atomic mass is 16.6. The van der Waals surface area contributed by atoms with E-state index in [-0.39, 0.29) is 24.1 Å². The van der Waals surface area contributed by atoms with Crippen LogP contribution in [0.25, 0.3) is 0 Å². The smallest absolute Gasteiger partial charge is 0.302 e. The first-order valence-corrected chi connectivity index (χ1v) is 7.13. The topological polar surface area (TPSA) is 55.8 Å². The second kappa shape index (κ2) is 7.22. The molecule has 0 spiro atoms. The number of hydrogen-bond donors (Lipinski definition) is 0. The molecule has 2 rings (SSSR count). The zero-order valence-electron chi connectivity index (χ0n) is 12.5. The highest BCUT2D eigenvalue weighted by Gasteiger charge is 2.30. The summed E-state index contributed by atoms with van der Waals surface area (Å²) in [5, 5.41) is 0. The predicted octanol–water partition coefficient (Wildman–Crippen LogP) is 1.76. The van der Waals surface area contributed by atoms with Gasteiger partial charge < -0.3 is 9.47 Å². The Morgan fingerprint density at radius 3 is 2.05 bits per heavy atom. The zero-order valence-corrected chi connectivity index (χ0v) is 12.5. The third-order valence-corrected chi connectivity index (χ3v) is 3.36. The van der Waals surface area contributed by atoms with Crippen LogP contribution in [0.15, 0.2) is 30.3 Å². The summed E-state index contributed by atoms with van der Waals surface area (Å²) in [4.78, 5) is 24.5. The van der Waals surface area contributed by atoms with E-state index in [1.165, 1.54) is 19.4 Å². The lowest BCUT2D eigenvalue weighted by Crippen LogP contribution is -2.48. The third kappa shape index (κ3) is 5.19. The molecule has 1 aliphatic heterocycles. The van der Waals surface area contributed by atoms with Gasteiger partial charge in [0.2, 0.25) is 0 Å². The number of carbonyl (C=O) groups excluding carboxylic acids is 2. The van der Waals surface area contributed by atoms with Gasteiger partial charge in [0.1, 0.15) is 12.2 Å². The summed E-state index contributed by atoms with van der Waals surface area (Å²) in [7, 11) is 0. The standard InChI is InChI=1S/C16H21NO4/c1-12(18)20-15-8-16(21-13(2)19)11-17(10-15)9-14-6-4-3-5-7-14/h3-7,15-16H,8-11H2,1-2H3/t15-,16-/m1/s1. The fraction of sp³-hybridized carbons (Fsp3) is 0.500. The van der Waals surface area contributed by atoms with E-state index in [0.717, 1.165) is 6.54 Å². The fourth-order valence-electron chi connectivity index (χ4n) is 2.70. The number of hydrogen-bond acceptors (Lipinski definition) is 5. The Hall–Kier alpha value is -1.88. The van der Waals surface area contributed by atoms with E-state index in [4.69, 9.17) is 9.47 Å². The van der Waals surface area contributed by atoms with Crippen LogP contribution in [0, 0.1) is 0 Å². The first kappa shape index (κ1) is 15.5. The number of piperidine rings is 1. The number of benzene rings is 1. The van der Waals surface area contributed by atoms with E-state index < -0.39 is 0 Å². The summed E-state index contributed by atoms with van der Waals surface area (Å²) in [5.41, 5.74) is 1.18. The van der Waals surface area contributed by atoms with Gasteiger partial charge in [0, 0.05) is 39.9 Å². The molecule has 21 heavy (non-hydrogen) atoms. The van der Waals surface area contributed by atoms with Crippen molar-refractivity contribution in [2.75, 3.05) is 13.1 Å². The molecule has 1 aromatic carbocycles. The molecule has 0 saturated carbocycles. The number of carbonyl (C=O) groups is 2. The Balaban J connectivity index is 2.01. The average molecular weight is 291 g/mol. The van der Waals surface area contributed by atoms with Gasteiger partial charge >= 0.3 is 11.9 Å². The third-order valence-electron chi connectivity index (χ3n) is 3.36. The quantitative estimate of drug-likeness (QED) is 0.791. The van der Waals surface area contributed by atoms with Crippen LogP contribution >= 0.6 is 0 Å². The molecule has 1 aliphatic rings. The van der Waals surface area contributed by atoms with Crippen LogP contribution in [-0.2, 0) is 25.6 Å². The molecular weight excluding hydrogens is 270 g/mol. The number of likely N-dealkylation sites (tertiary alicyclic amines) is 1. The maximum Gasteiger partial charge on any atom is 0.302 e. The molecule has 0 unspecified atom stereocenters. The Morgan fingerprint density at radius 1 is 1.05 bits per heavy atom. The van der Waals surface area contributed by atoms with Gasteiger partial charge in [0.05, 0.1) is 0 Å².